The van der Waals surface area contributed by atoms with E-state index in [1.807, 2.05) is 19.0 Å². The van der Waals surface area contributed by atoms with Crippen molar-refractivity contribution < 1.29 is 35.1 Å². The Balaban J connectivity index is 1.58. The lowest BCUT2D eigenvalue weighted by Crippen LogP contribution is -2.57. The van der Waals surface area contributed by atoms with Gasteiger partial charge in [-0.3, -0.25) is 0 Å². The van der Waals surface area contributed by atoms with E-state index in [0.29, 0.717) is 29.7 Å². The number of nitrogens with one attached hydrogen (secondary N) is 1. The van der Waals surface area contributed by atoms with Gasteiger partial charge in [0.1, 0.15) is 12.0 Å². The second kappa shape index (κ2) is 11.6. The predicted octanol–water partition coefficient (Wildman–Crippen LogP) is 8.89. The van der Waals surface area contributed by atoms with E-state index in [1.54, 1.807) is 5.01 Å². The number of aromatic nitrogens is 2. The fraction of sp³-hybridized carbons (Fsp3) is 0.312. The molecule has 1 aromatic heterocycles. The van der Waals surface area contributed by atoms with Crippen molar-refractivity contribution in [1.82, 2.24) is 20.0 Å². The quantitative estimate of drug-likeness (QED) is 0.274. The lowest BCUT2D eigenvalue weighted by molar-refractivity contribution is -0.141. The monoisotopic (exact) mass is 635 g/mol. The topological polar surface area (TPSA) is 44.3 Å². The van der Waals surface area contributed by atoms with Gasteiger partial charge in [0.25, 0.3) is 0 Å². The van der Waals surface area contributed by atoms with Crippen molar-refractivity contribution in [2.45, 2.75) is 57.0 Å². The number of hydrogen-bond donors (Lipinski definition) is 1. The van der Waals surface area contributed by atoms with E-state index in [4.69, 9.17) is 0 Å². The van der Waals surface area contributed by atoms with E-state index < -0.39 is 40.8 Å². The highest BCUT2D eigenvalue weighted by Gasteiger charge is 2.47. The van der Waals surface area contributed by atoms with Crippen molar-refractivity contribution in [1.29, 1.82) is 0 Å². The van der Waals surface area contributed by atoms with E-state index in [1.165, 1.54) is 12.1 Å². The molecule has 5 nitrogen and oxygen atoms in total. The molecule has 3 aromatic rings. The van der Waals surface area contributed by atoms with Crippen LogP contribution in [-0.2, 0) is 18.9 Å². The minimum atomic E-state index is -4.86. The molecule has 2 heterocycles. The Bertz CT molecular complexity index is 1690. The molecule has 0 amide bonds. The number of likely N-dealkylation sites (N-methyl/N-ethyl adjacent to an activating group) is 1. The summed E-state index contributed by atoms with van der Waals surface area (Å²) in [6.45, 7) is 10.2. The largest absolute Gasteiger partial charge is 0.433 e. The van der Waals surface area contributed by atoms with Crippen LogP contribution in [0.15, 0.2) is 84.5 Å². The van der Waals surface area contributed by atoms with E-state index in [2.05, 4.69) is 28.4 Å². The van der Waals surface area contributed by atoms with Crippen LogP contribution in [-0.4, -0.2) is 32.6 Å². The third kappa shape index (κ3) is 5.92. The lowest BCUT2D eigenvalue weighted by Gasteiger charge is -2.53. The molecular weight excluding hydrogens is 606 g/mol. The number of benzene rings is 2. The summed E-state index contributed by atoms with van der Waals surface area (Å²) in [5.41, 5.74) is -1.57. The maximum Gasteiger partial charge on any atom is 0.433 e. The van der Waals surface area contributed by atoms with Crippen LogP contribution in [0.2, 0.25) is 0 Å². The Kier molecular flexibility index (Phi) is 8.28. The van der Waals surface area contributed by atoms with Crippen LogP contribution in [0.1, 0.15) is 49.4 Å². The Morgan fingerprint density at radius 3 is 2.31 bits per heavy atom. The average molecular weight is 636 g/mol. The molecule has 238 valence electrons. The summed E-state index contributed by atoms with van der Waals surface area (Å²) in [6, 6.07) is 7.06. The van der Waals surface area contributed by atoms with Gasteiger partial charge in [-0.15, -0.1) is 0 Å². The average Bonchev–Trinajstić information content (AvgIpc) is 3.47. The van der Waals surface area contributed by atoms with Crippen LogP contribution < -0.4 is 5.32 Å². The second-order valence-electron chi connectivity index (χ2n) is 11.1. The Hall–Kier alpha value is -4.26. The first-order chi connectivity index (χ1) is 21.0. The van der Waals surface area contributed by atoms with Crippen LogP contribution in [0.3, 0.4) is 0 Å². The van der Waals surface area contributed by atoms with Crippen LogP contribution in [0.4, 0.5) is 40.8 Å². The van der Waals surface area contributed by atoms with Gasteiger partial charge < -0.3 is 10.3 Å². The van der Waals surface area contributed by atoms with Gasteiger partial charge in [-0.25, -0.2) is 23.8 Å². The summed E-state index contributed by atoms with van der Waals surface area (Å²) in [5.74, 6) is -2.00. The molecule has 0 bridgehead atoms. The first kappa shape index (κ1) is 32.1. The van der Waals surface area contributed by atoms with Gasteiger partial charge >= 0.3 is 12.4 Å². The molecule has 45 heavy (non-hydrogen) atoms. The van der Waals surface area contributed by atoms with E-state index >= 15 is 0 Å². The third-order valence-electron chi connectivity index (χ3n) is 8.60. The summed E-state index contributed by atoms with van der Waals surface area (Å²) < 4.78 is 110. The standard InChI is InChI=1S/C32H29F8N5/c1-18-28(20(3)45(44(4)30(18)12-5-6-13-30)16-21-8-7-9-24(33)29(21)34)19(2)43-25-11-10-22(31(35,36)37)14-23(25)26-15-27(32(38,39)40)42-17-41-26/h7-11,14-15,17,43H,2-3,5-6,12-13,16H2,1,4H3. The molecule has 1 N–H and O–H groups in total. The van der Waals surface area contributed by atoms with Gasteiger partial charge in [0, 0.05) is 35.1 Å². The van der Waals surface area contributed by atoms with Gasteiger partial charge in [-0.1, -0.05) is 38.1 Å². The molecule has 1 aliphatic heterocycles. The highest BCUT2D eigenvalue weighted by molar-refractivity contribution is 5.79. The summed E-state index contributed by atoms with van der Waals surface area (Å²) in [7, 11) is 1.84. The van der Waals surface area contributed by atoms with E-state index in [0.717, 1.165) is 49.5 Å². The molecule has 0 saturated heterocycles. The zero-order valence-electron chi connectivity index (χ0n) is 24.4. The first-order valence-electron chi connectivity index (χ1n) is 14.0. The van der Waals surface area contributed by atoms with Gasteiger partial charge in [0.15, 0.2) is 11.6 Å². The summed E-state index contributed by atoms with van der Waals surface area (Å²) >= 11 is 0. The van der Waals surface area contributed by atoms with E-state index in [9.17, 15) is 35.1 Å². The molecule has 0 unspecified atom stereocenters. The number of hydrogen-bond acceptors (Lipinski definition) is 5. The molecule has 1 aliphatic carbocycles. The Labute approximate surface area is 254 Å². The molecule has 2 aromatic carbocycles. The molecule has 5 rings (SSSR count). The predicted molar refractivity (Wildman–Crippen MR) is 153 cm³/mol. The van der Waals surface area contributed by atoms with E-state index in [-0.39, 0.29) is 34.8 Å². The number of alkyl halides is 6. The van der Waals surface area contributed by atoms with Crippen molar-refractivity contribution in [3.8, 4) is 11.3 Å². The molecule has 1 fully saturated rings. The highest BCUT2D eigenvalue weighted by atomic mass is 19.4. The van der Waals surface area contributed by atoms with Crippen molar-refractivity contribution >= 4 is 5.69 Å². The normalized spacial score (nSPS) is 17.4. The molecule has 0 radical (unpaired) electrons. The smallest absolute Gasteiger partial charge is 0.355 e. The highest BCUT2D eigenvalue weighted by Crippen LogP contribution is 2.49. The molecule has 1 spiro atoms. The van der Waals surface area contributed by atoms with Crippen molar-refractivity contribution in [2.24, 2.45) is 0 Å². The van der Waals surface area contributed by atoms with Gasteiger partial charge in [-0.2, -0.15) is 26.3 Å². The van der Waals surface area contributed by atoms with Crippen LogP contribution in [0.5, 0.6) is 0 Å². The number of anilines is 1. The van der Waals surface area contributed by atoms with Crippen molar-refractivity contribution in [3.63, 3.8) is 0 Å². The maximum atomic E-state index is 14.8. The molecule has 13 heteroatoms. The number of hydrazine groups is 1. The minimum Gasteiger partial charge on any atom is -0.355 e. The van der Waals surface area contributed by atoms with Crippen molar-refractivity contribution in [2.75, 3.05) is 12.4 Å². The zero-order chi connectivity index (χ0) is 32.9. The lowest BCUT2D eigenvalue weighted by atomic mass is 9.81. The van der Waals surface area contributed by atoms with Gasteiger partial charge in [0.05, 0.1) is 29.0 Å². The SMILES string of the molecule is C=C(Nc1ccc(C(F)(F)F)cc1-c1cc(C(F)(F)F)ncn1)C1=C(C)C2(CCCC2)N(C)N(Cc2cccc(F)c2F)C1=C. The Morgan fingerprint density at radius 2 is 1.67 bits per heavy atom. The molecular formula is C32H29F8N5. The summed E-state index contributed by atoms with van der Waals surface area (Å²) in [4.78, 5) is 7.06. The van der Waals surface area contributed by atoms with Gasteiger partial charge in [0.2, 0.25) is 0 Å². The minimum absolute atomic E-state index is 0.00930. The van der Waals surface area contributed by atoms with Crippen LogP contribution in [0, 0.1) is 11.6 Å². The fourth-order valence-corrected chi connectivity index (χ4v) is 6.25. The molecule has 1 saturated carbocycles. The summed E-state index contributed by atoms with van der Waals surface area (Å²) in [5, 5.41) is 6.68. The molecule has 2 aliphatic rings. The first-order valence-corrected chi connectivity index (χ1v) is 14.0. The van der Waals surface area contributed by atoms with Crippen LogP contribution in [0.25, 0.3) is 11.3 Å². The number of halogens is 8. The zero-order valence-corrected chi connectivity index (χ0v) is 24.4. The third-order valence-corrected chi connectivity index (χ3v) is 8.60. The molecule has 0 atom stereocenters. The second-order valence-corrected chi connectivity index (χ2v) is 11.1. The van der Waals surface area contributed by atoms with Crippen molar-refractivity contribution in [3.05, 3.63) is 113 Å². The maximum absolute atomic E-state index is 14.8. The number of rotatable bonds is 6. The number of nitrogens with zero attached hydrogens (tertiary/aromatic N) is 4. The van der Waals surface area contributed by atoms with Gasteiger partial charge in [-0.05, 0) is 55.7 Å². The van der Waals surface area contributed by atoms with Crippen LogP contribution >= 0.6 is 0 Å². The summed E-state index contributed by atoms with van der Waals surface area (Å²) in [6.07, 6.45) is -5.76. The Morgan fingerprint density at radius 1 is 0.978 bits per heavy atom. The fourth-order valence-electron chi connectivity index (χ4n) is 6.25.